The van der Waals surface area contributed by atoms with Gasteiger partial charge in [0.05, 0.1) is 13.2 Å². The molecule has 0 spiro atoms. The van der Waals surface area contributed by atoms with Gasteiger partial charge >= 0.3 is 0 Å². The van der Waals surface area contributed by atoms with E-state index in [0.717, 1.165) is 23.1 Å². The summed E-state index contributed by atoms with van der Waals surface area (Å²) < 4.78 is 7.19. The highest BCUT2D eigenvalue weighted by molar-refractivity contribution is 7.99. The summed E-state index contributed by atoms with van der Waals surface area (Å²) in [5.74, 6) is 1.89. The number of rotatable bonds is 6. The molecule has 1 aromatic heterocycles. The van der Waals surface area contributed by atoms with Crippen molar-refractivity contribution in [1.82, 2.24) is 20.2 Å². The Morgan fingerprint density at radius 2 is 2.00 bits per heavy atom. The van der Waals surface area contributed by atoms with E-state index in [2.05, 4.69) is 27.7 Å². The first kappa shape index (κ1) is 14.4. The lowest BCUT2D eigenvalue weighted by molar-refractivity contribution is 0.414. The summed E-state index contributed by atoms with van der Waals surface area (Å²) in [6.45, 7) is 0. The highest BCUT2D eigenvalue weighted by atomic mass is 32.2. The summed E-state index contributed by atoms with van der Waals surface area (Å²) in [6.07, 6.45) is 6.00. The molecule has 5 nitrogen and oxygen atoms in total. The number of ether oxygens (including phenoxy) is 1. The number of benzene rings is 1. The van der Waals surface area contributed by atoms with Gasteiger partial charge < -0.3 is 4.74 Å². The van der Waals surface area contributed by atoms with Gasteiger partial charge in [0.25, 0.3) is 0 Å². The molecule has 1 aliphatic rings. The second kappa shape index (κ2) is 6.93. The molecule has 112 valence electrons. The van der Waals surface area contributed by atoms with Gasteiger partial charge in [0.1, 0.15) is 5.75 Å². The number of tetrazole rings is 1. The van der Waals surface area contributed by atoms with E-state index in [1.54, 1.807) is 18.9 Å². The fourth-order valence-corrected chi connectivity index (χ4v) is 3.64. The zero-order valence-corrected chi connectivity index (χ0v) is 13.1. The van der Waals surface area contributed by atoms with Gasteiger partial charge in [-0.2, -0.15) is 0 Å². The molecule has 1 heterocycles. The number of thioether (sulfide) groups is 1. The minimum absolute atomic E-state index is 0.503. The number of aryl methyl sites for hydroxylation is 1. The van der Waals surface area contributed by atoms with Crippen LogP contribution in [0.5, 0.6) is 5.75 Å². The lowest BCUT2D eigenvalue weighted by atomic mass is 10.2. The van der Waals surface area contributed by atoms with Crippen molar-refractivity contribution in [2.45, 2.75) is 43.3 Å². The molecule has 0 radical (unpaired) electrons. The largest absolute Gasteiger partial charge is 0.497 e. The van der Waals surface area contributed by atoms with Gasteiger partial charge in [-0.05, 0) is 47.4 Å². The molecular weight excluding hydrogens is 284 g/mol. The van der Waals surface area contributed by atoms with Crippen LogP contribution >= 0.6 is 11.8 Å². The minimum Gasteiger partial charge on any atom is -0.497 e. The molecule has 0 unspecified atom stereocenters. The molecule has 0 atom stereocenters. The smallest absolute Gasteiger partial charge is 0.209 e. The van der Waals surface area contributed by atoms with Gasteiger partial charge in [-0.15, -0.1) is 5.10 Å². The zero-order chi connectivity index (χ0) is 14.5. The van der Waals surface area contributed by atoms with Gasteiger partial charge in [0.2, 0.25) is 5.16 Å². The van der Waals surface area contributed by atoms with Crippen LogP contribution in [0, 0.1) is 0 Å². The van der Waals surface area contributed by atoms with Crippen molar-refractivity contribution in [3.8, 4) is 5.75 Å². The molecule has 0 bridgehead atoms. The molecule has 1 aromatic carbocycles. The number of methoxy groups -OCH3 is 1. The van der Waals surface area contributed by atoms with Crippen molar-refractivity contribution >= 4 is 11.8 Å². The summed E-state index contributed by atoms with van der Waals surface area (Å²) in [4.78, 5) is 0. The van der Waals surface area contributed by atoms with Crippen LogP contribution in [0.4, 0.5) is 0 Å². The molecule has 21 heavy (non-hydrogen) atoms. The fourth-order valence-electron chi connectivity index (χ4n) is 2.71. The second-order valence-corrected chi connectivity index (χ2v) is 6.35. The third-order valence-corrected chi connectivity index (χ3v) is 4.85. The Hall–Kier alpha value is -1.56. The molecule has 1 aliphatic carbocycles. The monoisotopic (exact) mass is 304 g/mol. The Kier molecular flexibility index (Phi) is 4.75. The van der Waals surface area contributed by atoms with Crippen molar-refractivity contribution in [3.05, 3.63) is 29.8 Å². The number of hydrogen-bond donors (Lipinski definition) is 0. The van der Waals surface area contributed by atoms with E-state index in [1.165, 1.54) is 31.2 Å². The highest BCUT2D eigenvalue weighted by Crippen LogP contribution is 2.31. The topological polar surface area (TPSA) is 52.8 Å². The SMILES string of the molecule is COc1ccc(CCSc2nnnn2C2CCCC2)cc1. The molecular formula is C15H20N4OS. The Morgan fingerprint density at radius 1 is 1.24 bits per heavy atom. The maximum Gasteiger partial charge on any atom is 0.209 e. The number of aromatic nitrogens is 4. The first-order valence-corrected chi connectivity index (χ1v) is 8.39. The van der Waals surface area contributed by atoms with Gasteiger partial charge in [0.15, 0.2) is 0 Å². The number of hydrogen-bond acceptors (Lipinski definition) is 5. The third kappa shape index (κ3) is 3.56. The van der Waals surface area contributed by atoms with Gasteiger partial charge in [-0.25, -0.2) is 4.68 Å². The molecule has 2 aromatic rings. The number of nitrogens with zero attached hydrogens (tertiary/aromatic N) is 4. The predicted octanol–water partition coefficient (Wildman–Crippen LogP) is 3.13. The van der Waals surface area contributed by atoms with Gasteiger partial charge in [-0.1, -0.05) is 36.7 Å². The van der Waals surface area contributed by atoms with E-state index < -0.39 is 0 Å². The van der Waals surface area contributed by atoms with Crippen LogP contribution in [0.3, 0.4) is 0 Å². The molecule has 3 rings (SSSR count). The van der Waals surface area contributed by atoms with E-state index in [-0.39, 0.29) is 0 Å². The maximum atomic E-state index is 5.17. The summed E-state index contributed by atoms with van der Waals surface area (Å²) in [5, 5.41) is 13.1. The van der Waals surface area contributed by atoms with Crippen molar-refractivity contribution in [3.63, 3.8) is 0 Å². The Labute approximate surface area is 129 Å². The van der Waals surface area contributed by atoms with E-state index >= 15 is 0 Å². The van der Waals surface area contributed by atoms with Crippen LogP contribution < -0.4 is 4.74 Å². The average Bonchev–Trinajstić information content (AvgIpc) is 3.18. The normalized spacial score (nSPS) is 15.5. The van der Waals surface area contributed by atoms with Crippen molar-refractivity contribution in [2.24, 2.45) is 0 Å². The summed E-state index contributed by atoms with van der Waals surface area (Å²) in [5.41, 5.74) is 1.31. The molecule has 6 heteroatoms. The van der Waals surface area contributed by atoms with Crippen LogP contribution in [-0.4, -0.2) is 33.1 Å². The van der Waals surface area contributed by atoms with E-state index in [0.29, 0.717) is 6.04 Å². The van der Waals surface area contributed by atoms with Gasteiger partial charge in [-0.3, -0.25) is 0 Å². The van der Waals surface area contributed by atoms with Crippen LogP contribution in [-0.2, 0) is 6.42 Å². The predicted molar refractivity (Wildman–Crippen MR) is 82.7 cm³/mol. The third-order valence-electron chi connectivity index (χ3n) is 3.91. The Balaban J connectivity index is 1.54. The lowest BCUT2D eigenvalue weighted by Gasteiger charge is -2.10. The maximum absolute atomic E-state index is 5.17. The van der Waals surface area contributed by atoms with Crippen molar-refractivity contribution < 1.29 is 4.74 Å². The van der Waals surface area contributed by atoms with E-state index in [9.17, 15) is 0 Å². The first-order valence-electron chi connectivity index (χ1n) is 7.40. The first-order chi connectivity index (χ1) is 10.4. The quantitative estimate of drug-likeness (QED) is 0.767. The standard InChI is InChI=1S/C15H20N4OS/c1-20-14-8-6-12(7-9-14)10-11-21-15-16-17-18-19(15)13-4-2-3-5-13/h6-9,13H,2-5,10-11H2,1H3. The highest BCUT2D eigenvalue weighted by Gasteiger charge is 2.21. The van der Waals surface area contributed by atoms with Crippen LogP contribution in [0.25, 0.3) is 0 Å². The van der Waals surface area contributed by atoms with E-state index in [1.807, 2.05) is 16.8 Å². The fraction of sp³-hybridized carbons (Fsp3) is 0.533. The zero-order valence-electron chi connectivity index (χ0n) is 12.2. The van der Waals surface area contributed by atoms with Gasteiger partial charge in [0, 0.05) is 5.75 Å². The minimum atomic E-state index is 0.503. The second-order valence-electron chi connectivity index (χ2n) is 5.29. The lowest BCUT2D eigenvalue weighted by Crippen LogP contribution is -2.08. The molecule has 0 N–H and O–H groups in total. The Morgan fingerprint density at radius 3 is 2.71 bits per heavy atom. The summed E-state index contributed by atoms with van der Waals surface area (Å²) >= 11 is 1.74. The molecule has 1 saturated carbocycles. The van der Waals surface area contributed by atoms with E-state index in [4.69, 9.17) is 4.74 Å². The van der Waals surface area contributed by atoms with Crippen LogP contribution in [0.1, 0.15) is 37.3 Å². The van der Waals surface area contributed by atoms with Crippen molar-refractivity contribution in [1.29, 1.82) is 0 Å². The average molecular weight is 304 g/mol. The molecule has 1 fully saturated rings. The van der Waals surface area contributed by atoms with Crippen LogP contribution in [0.15, 0.2) is 29.4 Å². The molecule has 0 saturated heterocycles. The van der Waals surface area contributed by atoms with Crippen LogP contribution in [0.2, 0.25) is 0 Å². The summed E-state index contributed by atoms with van der Waals surface area (Å²) in [7, 11) is 1.69. The summed E-state index contributed by atoms with van der Waals surface area (Å²) in [6, 6.07) is 8.73. The Bertz CT molecular complexity index is 563. The molecule has 0 amide bonds. The molecule has 0 aliphatic heterocycles. The van der Waals surface area contributed by atoms with Crippen molar-refractivity contribution in [2.75, 3.05) is 12.9 Å².